The van der Waals surface area contributed by atoms with Crippen molar-refractivity contribution in [1.82, 2.24) is 10.2 Å². The molecule has 0 aromatic carbocycles. The van der Waals surface area contributed by atoms with E-state index in [0.717, 1.165) is 5.69 Å². The molecule has 106 valence electrons. The molecule has 0 bridgehead atoms. The maximum absolute atomic E-state index is 12.5. The highest BCUT2D eigenvalue weighted by molar-refractivity contribution is 5.91. The molecule has 0 atom stereocenters. The third-order valence-electron chi connectivity index (χ3n) is 3.52. The van der Waals surface area contributed by atoms with Crippen molar-refractivity contribution in [2.24, 2.45) is 11.8 Å². The predicted molar refractivity (Wildman–Crippen MR) is 63.5 cm³/mol. The van der Waals surface area contributed by atoms with Gasteiger partial charge in [-0.25, -0.2) is 0 Å². The van der Waals surface area contributed by atoms with Gasteiger partial charge in [-0.2, -0.15) is 18.3 Å². The van der Waals surface area contributed by atoms with E-state index in [-0.39, 0.29) is 37.5 Å². The molecule has 1 fully saturated rings. The smallest absolute Gasteiger partial charge is 0.309 e. The standard InChI is InChI=1S/C12H16F3N3O/c1-7-6-10(18-17-7)16-11(19)8-2-4-9(5-3-8)12(13,14)15/h6,8-9H,2-5H2,1H3,(H2,16,17,18,19). The van der Waals surface area contributed by atoms with Crippen molar-refractivity contribution in [3.8, 4) is 0 Å². The molecule has 4 nitrogen and oxygen atoms in total. The van der Waals surface area contributed by atoms with Crippen molar-refractivity contribution in [2.75, 3.05) is 5.32 Å². The summed E-state index contributed by atoms with van der Waals surface area (Å²) in [5.41, 5.74) is 0.816. The van der Waals surface area contributed by atoms with Gasteiger partial charge in [0, 0.05) is 17.7 Å². The van der Waals surface area contributed by atoms with E-state index >= 15 is 0 Å². The highest BCUT2D eigenvalue weighted by Gasteiger charge is 2.42. The lowest BCUT2D eigenvalue weighted by atomic mass is 9.81. The Morgan fingerprint density at radius 1 is 1.37 bits per heavy atom. The number of rotatable bonds is 2. The zero-order valence-corrected chi connectivity index (χ0v) is 10.5. The number of alkyl halides is 3. The average Bonchev–Trinajstić information content (AvgIpc) is 2.74. The molecule has 0 aliphatic heterocycles. The van der Waals surface area contributed by atoms with Crippen LogP contribution in [0.4, 0.5) is 19.0 Å². The molecule has 1 amide bonds. The van der Waals surface area contributed by atoms with E-state index in [0.29, 0.717) is 5.82 Å². The maximum Gasteiger partial charge on any atom is 0.391 e. The van der Waals surface area contributed by atoms with Gasteiger partial charge in [0.1, 0.15) is 0 Å². The Morgan fingerprint density at radius 2 is 2.00 bits per heavy atom. The second-order valence-electron chi connectivity index (χ2n) is 5.02. The Kier molecular flexibility index (Phi) is 3.82. The van der Waals surface area contributed by atoms with Crippen LogP contribution in [0.1, 0.15) is 31.4 Å². The molecule has 1 saturated carbocycles. The fourth-order valence-electron chi connectivity index (χ4n) is 2.39. The number of hydrogen-bond donors (Lipinski definition) is 2. The number of amides is 1. The van der Waals surface area contributed by atoms with Crippen molar-refractivity contribution in [1.29, 1.82) is 0 Å². The van der Waals surface area contributed by atoms with Crippen LogP contribution >= 0.6 is 0 Å². The maximum atomic E-state index is 12.5. The number of aromatic nitrogens is 2. The van der Waals surface area contributed by atoms with Gasteiger partial charge in [-0.15, -0.1) is 0 Å². The summed E-state index contributed by atoms with van der Waals surface area (Å²) in [7, 11) is 0. The summed E-state index contributed by atoms with van der Waals surface area (Å²) in [6.45, 7) is 1.80. The zero-order chi connectivity index (χ0) is 14.0. The summed E-state index contributed by atoms with van der Waals surface area (Å²) in [6, 6.07) is 1.68. The minimum atomic E-state index is -4.14. The van der Waals surface area contributed by atoms with Crippen molar-refractivity contribution >= 4 is 11.7 Å². The second-order valence-corrected chi connectivity index (χ2v) is 5.02. The molecule has 0 radical (unpaired) electrons. The molecule has 1 heterocycles. The van der Waals surface area contributed by atoms with Crippen LogP contribution in [0.25, 0.3) is 0 Å². The number of nitrogens with zero attached hydrogens (tertiary/aromatic N) is 1. The zero-order valence-electron chi connectivity index (χ0n) is 10.5. The SMILES string of the molecule is Cc1cc(NC(=O)C2CCC(C(F)(F)F)CC2)n[nH]1. The van der Waals surface area contributed by atoms with E-state index in [1.165, 1.54) is 0 Å². The molecule has 19 heavy (non-hydrogen) atoms. The molecule has 7 heteroatoms. The largest absolute Gasteiger partial charge is 0.391 e. The molecular formula is C12H16F3N3O. The normalized spacial score (nSPS) is 24.2. The summed E-state index contributed by atoms with van der Waals surface area (Å²) in [5, 5.41) is 9.18. The topological polar surface area (TPSA) is 57.8 Å². The van der Waals surface area contributed by atoms with E-state index in [1.807, 2.05) is 0 Å². The number of carbonyl (C=O) groups is 1. The van der Waals surface area contributed by atoms with Crippen molar-refractivity contribution in [3.05, 3.63) is 11.8 Å². The van der Waals surface area contributed by atoms with Crippen LogP contribution in [0.2, 0.25) is 0 Å². The first-order valence-corrected chi connectivity index (χ1v) is 6.26. The van der Waals surface area contributed by atoms with Gasteiger partial charge in [0.15, 0.2) is 5.82 Å². The van der Waals surface area contributed by atoms with Gasteiger partial charge in [0.25, 0.3) is 0 Å². The molecule has 0 spiro atoms. The highest BCUT2D eigenvalue weighted by Crippen LogP contribution is 2.39. The lowest BCUT2D eigenvalue weighted by Gasteiger charge is -2.28. The molecule has 1 aliphatic carbocycles. The van der Waals surface area contributed by atoms with E-state index in [2.05, 4.69) is 15.5 Å². The fourth-order valence-corrected chi connectivity index (χ4v) is 2.39. The molecule has 2 rings (SSSR count). The number of halogens is 3. The molecule has 1 aromatic heterocycles. The quantitative estimate of drug-likeness (QED) is 0.871. The number of hydrogen-bond acceptors (Lipinski definition) is 2. The lowest BCUT2D eigenvalue weighted by molar-refractivity contribution is -0.184. The van der Waals surface area contributed by atoms with Crippen molar-refractivity contribution in [3.63, 3.8) is 0 Å². The van der Waals surface area contributed by atoms with Gasteiger partial charge in [0.05, 0.1) is 5.92 Å². The van der Waals surface area contributed by atoms with Crippen LogP contribution in [0.5, 0.6) is 0 Å². The first-order chi connectivity index (χ1) is 8.86. The van der Waals surface area contributed by atoms with Crippen molar-refractivity contribution < 1.29 is 18.0 Å². The Balaban J connectivity index is 1.86. The first kappa shape index (κ1) is 13.9. The van der Waals surface area contributed by atoms with Crippen LogP contribution in [-0.2, 0) is 4.79 Å². The third kappa shape index (κ3) is 3.48. The summed E-state index contributed by atoms with van der Waals surface area (Å²) in [4.78, 5) is 11.9. The lowest BCUT2D eigenvalue weighted by Crippen LogP contribution is -2.32. The summed E-state index contributed by atoms with van der Waals surface area (Å²) < 4.78 is 37.5. The number of aromatic amines is 1. The molecule has 1 aromatic rings. The van der Waals surface area contributed by atoms with Crippen LogP contribution in [0.3, 0.4) is 0 Å². The van der Waals surface area contributed by atoms with Crippen molar-refractivity contribution in [2.45, 2.75) is 38.8 Å². The number of nitrogens with one attached hydrogen (secondary N) is 2. The van der Waals surface area contributed by atoms with Crippen LogP contribution in [-0.4, -0.2) is 22.3 Å². The van der Waals surface area contributed by atoms with Gasteiger partial charge in [-0.1, -0.05) is 0 Å². The number of carbonyl (C=O) groups excluding carboxylic acids is 1. The van der Waals surface area contributed by atoms with E-state index in [9.17, 15) is 18.0 Å². The van der Waals surface area contributed by atoms with E-state index in [4.69, 9.17) is 0 Å². The highest BCUT2D eigenvalue weighted by atomic mass is 19.4. The first-order valence-electron chi connectivity index (χ1n) is 6.26. The molecule has 0 unspecified atom stereocenters. The van der Waals surface area contributed by atoms with Gasteiger partial charge < -0.3 is 5.32 Å². The summed E-state index contributed by atoms with van der Waals surface area (Å²) in [5.74, 6) is -1.44. The molecule has 2 N–H and O–H groups in total. The average molecular weight is 275 g/mol. The monoisotopic (exact) mass is 275 g/mol. The molecule has 1 aliphatic rings. The van der Waals surface area contributed by atoms with Gasteiger partial charge in [-0.3, -0.25) is 9.89 Å². The molecular weight excluding hydrogens is 259 g/mol. The van der Waals surface area contributed by atoms with E-state index < -0.39 is 12.1 Å². The van der Waals surface area contributed by atoms with Crippen LogP contribution in [0, 0.1) is 18.8 Å². The Labute approximate surface area is 108 Å². The minimum Gasteiger partial charge on any atom is -0.309 e. The Morgan fingerprint density at radius 3 is 2.47 bits per heavy atom. The molecule has 0 saturated heterocycles. The predicted octanol–water partition coefficient (Wildman–Crippen LogP) is 3.03. The number of H-pyrrole nitrogens is 1. The summed E-state index contributed by atoms with van der Waals surface area (Å²) in [6.07, 6.45) is -3.53. The van der Waals surface area contributed by atoms with Gasteiger partial charge >= 0.3 is 6.18 Å². The van der Waals surface area contributed by atoms with Gasteiger partial charge in [-0.05, 0) is 32.6 Å². The van der Waals surface area contributed by atoms with Gasteiger partial charge in [0.2, 0.25) is 5.91 Å². The summed E-state index contributed by atoms with van der Waals surface area (Å²) >= 11 is 0. The Bertz CT molecular complexity index is 447. The number of aryl methyl sites for hydroxylation is 1. The fraction of sp³-hybridized carbons (Fsp3) is 0.667. The van der Waals surface area contributed by atoms with Crippen LogP contribution in [0.15, 0.2) is 6.07 Å². The van der Waals surface area contributed by atoms with E-state index in [1.54, 1.807) is 13.0 Å². The minimum absolute atomic E-state index is 0.0289. The Hall–Kier alpha value is -1.53. The second kappa shape index (κ2) is 5.22. The van der Waals surface area contributed by atoms with Crippen LogP contribution < -0.4 is 5.32 Å². The third-order valence-corrected chi connectivity index (χ3v) is 3.52. The number of anilines is 1.